The van der Waals surface area contributed by atoms with Crippen LogP contribution < -0.4 is 10.6 Å². The van der Waals surface area contributed by atoms with E-state index in [2.05, 4.69) is 29.4 Å². The number of ether oxygens (including phenoxy) is 6. The molecule has 0 radical (unpaired) electrons. The van der Waals surface area contributed by atoms with Crippen molar-refractivity contribution in [2.24, 2.45) is 23.7 Å². The van der Waals surface area contributed by atoms with E-state index in [-0.39, 0.29) is 43.4 Å². The van der Waals surface area contributed by atoms with Crippen LogP contribution in [0.15, 0.2) is 0 Å². The molecule has 14 nitrogen and oxygen atoms in total. The molecular weight excluding hydrogens is 722 g/mol. The molecule has 14 heteroatoms. The number of carbonyl (C=O) groups excluding carboxylic acids is 1. The first-order valence-electron chi connectivity index (χ1n) is 21.2. The van der Waals surface area contributed by atoms with Crippen molar-refractivity contribution in [2.75, 3.05) is 40.8 Å². The van der Waals surface area contributed by atoms with Crippen molar-refractivity contribution in [3.8, 4) is 0 Å². The highest BCUT2D eigenvalue weighted by molar-refractivity contribution is 5.73. The zero-order chi connectivity index (χ0) is 42.6. The summed E-state index contributed by atoms with van der Waals surface area (Å²) in [6.07, 6.45) is -4.25. The largest absolute Gasteiger partial charge is 0.459 e. The summed E-state index contributed by atoms with van der Waals surface area (Å²) in [5.74, 6) is -2.43. The van der Waals surface area contributed by atoms with Crippen molar-refractivity contribution in [3.05, 3.63) is 0 Å². The Bertz CT molecular complexity index is 1230. The van der Waals surface area contributed by atoms with E-state index >= 15 is 0 Å². The van der Waals surface area contributed by atoms with Crippen LogP contribution in [0.25, 0.3) is 0 Å². The van der Waals surface area contributed by atoms with E-state index in [9.17, 15) is 25.2 Å². The Kier molecular flexibility index (Phi) is 17.7. The van der Waals surface area contributed by atoms with Gasteiger partial charge in [-0.3, -0.25) is 4.79 Å². The third kappa shape index (κ3) is 11.0. The van der Waals surface area contributed by atoms with E-state index in [1.54, 1.807) is 41.7 Å². The Hall–Kier alpha value is -1.01. The molecule has 0 saturated carbocycles. The van der Waals surface area contributed by atoms with Gasteiger partial charge < -0.3 is 64.4 Å². The lowest BCUT2D eigenvalue weighted by atomic mass is 9.75. The van der Waals surface area contributed by atoms with Crippen LogP contribution in [0.3, 0.4) is 0 Å². The Balaban J connectivity index is 2.16. The lowest BCUT2D eigenvalue weighted by Gasteiger charge is -2.53. The average molecular weight is 804 g/mol. The molecule has 3 aliphatic rings. The predicted octanol–water partition coefficient (Wildman–Crippen LogP) is 3.20. The molecule has 56 heavy (non-hydrogen) atoms. The molecule has 0 bridgehead atoms. The first kappa shape index (κ1) is 49.4. The monoisotopic (exact) mass is 804 g/mol. The third-order valence-corrected chi connectivity index (χ3v) is 13.4. The average Bonchev–Trinajstić information content (AvgIpc) is 3.12. The summed E-state index contributed by atoms with van der Waals surface area (Å²) in [5, 5.41) is 54.4. The van der Waals surface area contributed by atoms with Gasteiger partial charge in [0.1, 0.15) is 29.0 Å². The number of nitrogens with zero attached hydrogens (tertiary/aromatic N) is 1. The number of hydrogen-bond donors (Lipinski definition) is 6. The maximum atomic E-state index is 14.4. The van der Waals surface area contributed by atoms with Crippen LogP contribution in [-0.2, 0) is 33.2 Å². The second kappa shape index (κ2) is 20.0. The maximum Gasteiger partial charge on any atom is 0.311 e. The van der Waals surface area contributed by atoms with E-state index in [1.807, 2.05) is 41.8 Å². The fourth-order valence-electron chi connectivity index (χ4n) is 9.53. The van der Waals surface area contributed by atoms with Crippen LogP contribution in [0.5, 0.6) is 0 Å². The Morgan fingerprint density at radius 1 is 0.946 bits per heavy atom. The van der Waals surface area contributed by atoms with Gasteiger partial charge in [0.05, 0.1) is 35.9 Å². The fraction of sp³-hybridized carbons (Fsp3) is 0.976. The highest BCUT2D eigenvalue weighted by Gasteiger charge is 2.58. The van der Waals surface area contributed by atoms with Crippen molar-refractivity contribution < 1.29 is 53.6 Å². The summed E-state index contributed by atoms with van der Waals surface area (Å²) in [5.41, 5.74) is -5.75. The first-order valence-corrected chi connectivity index (χ1v) is 21.2. The second-order valence-electron chi connectivity index (χ2n) is 18.6. The van der Waals surface area contributed by atoms with E-state index in [4.69, 9.17) is 28.4 Å². The molecule has 3 fully saturated rings. The summed E-state index contributed by atoms with van der Waals surface area (Å²) < 4.78 is 39.0. The quantitative estimate of drug-likeness (QED) is 0.132. The van der Waals surface area contributed by atoms with E-state index in [1.165, 1.54) is 6.92 Å². The molecule has 0 aromatic heterocycles. The number of rotatable bonds is 11. The van der Waals surface area contributed by atoms with Gasteiger partial charge >= 0.3 is 5.97 Å². The molecular formula is C42H81N3O11. The number of aliphatic hydroxyl groups excluding tert-OH is 1. The SMILES string of the molecule is CCCNC[C@]1(O)C(C)OC(OC2C(C)C(=O)OC(CC)[C@@](C)(O)[C@H](O)[C@@H](C)NC[C@H](C)C[C@](C)(O)[C@H](OC3OC(C)CC(N(C)C)[C@H]3C)C2C)C[C@@]1(C)OC. The van der Waals surface area contributed by atoms with Crippen molar-refractivity contribution in [2.45, 2.75) is 199 Å². The van der Waals surface area contributed by atoms with Crippen molar-refractivity contribution in [1.29, 1.82) is 0 Å². The highest BCUT2D eigenvalue weighted by Crippen LogP contribution is 2.43. The van der Waals surface area contributed by atoms with Crippen LogP contribution in [0.2, 0.25) is 0 Å². The molecule has 3 saturated heterocycles. The topological polar surface area (TPSA) is 181 Å². The van der Waals surface area contributed by atoms with Gasteiger partial charge in [0, 0.05) is 44.0 Å². The number of hydrogen-bond acceptors (Lipinski definition) is 14. The normalized spacial score (nSPS) is 47.9. The number of esters is 1. The number of aliphatic hydroxyl groups is 4. The summed E-state index contributed by atoms with van der Waals surface area (Å²) in [4.78, 5) is 16.5. The van der Waals surface area contributed by atoms with Gasteiger partial charge in [0.15, 0.2) is 12.6 Å². The zero-order valence-corrected chi connectivity index (χ0v) is 37.3. The molecule has 0 aromatic carbocycles. The lowest BCUT2D eigenvalue weighted by molar-refractivity contribution is -0.334. The Morgan fingerprint density at radius 2 is 1.59 bits per heavy atom. The minimum atomic E-state index is -1.79. The van der Waals surface area contributed by atoms with Gasteiger partial charge in [-0.05, 0) is 107 Å². The number of carbonyl (C=O) groups is 1. The molecule has 6 N–H and O–H groups in total. The molecule has 18 atom stereocenters. The van der Waals surface area contributed by atoms with Gasteiger partial charge in [0.25, 0.3) is 0 Å². The Morgan fingerprint density at radius 3 is 2.16 bits per heavy atom. The van der Waals surface area contributed by atoms with E-state index in [0.717, 1.165) is 12.8 Å². The maximum absolute atomic E-state index is 14.4. The van der Waals surface area contributed by atoms with Crippen molar-refractivity contribution in [1.82, 2.24) is 15.5 Å². The van der Waals surface area contributed by atoms with Gasteiger partial charge in [-0.15, -0.1) is 0 Å². The minimum absolute atomic E-state index is 0.0551. The first-order chi connectivity index (χ1) is 25.9. The summed E-state index contributed by atoms with van der Waals surface area (Å²) >= 11 is 0. The van der Waals surface area contributed by atoms with Gasteiger partial charge in [-0.2, -0.15) is 0 Å². The van der Waals surface area contributed by atoms with Crippen LogP contribution in [0.1, 0.15) is 115 Å². The van der Waals surface area contributed by atoms with E-state index in [0.29, 0.717) is 19.5 Å². The van der Waals surface area contributed by atoms with Crippen LogP contribution >= 0.6 is 0 Å². The van der Waals surface area contributed by atoms with Gasteiger partial charge in [-0.25, -0.2) is 0 Å². The molecule has 3 heterocycles. The van der Waals surface area contributed by atoms with Gasteiger partial charge in [-0.1, -0.05) is 34.6 Å². The number of methoxy groups -OCH3 is 1. The molecule has 3 aliphatic heterocycles. The second-order valence-corrected chi connectivity index (χ2v) is 18.6. The zero-order valence-electron chi connectivity index (χ0n) is 37.3. The Labute approximate surface area is 338 Å². The van der Waals surface area contributed by atoms with Crippen molar-refractivity contribution >= 4 is 5.97 Å². The minimum Gasteiger partial charge on any atom is -0.459 e. The summed E-state index contributed by atoms with van der Waals surface area (Å²) in [6.45, 7) is 23.6. The molecule has 0 aliphatic carbocycles. The highest BCUT2D eigenvalue weighted by atomic mass is 16.7. The summed E-state index contributed by atoms with van der Waals surface area (Å²) in [7, 11) is 5.65. The van der Waals surface area contributed by atoms with E-state index < -0.39 is 89.4 Å². The van der Waals surface area contributed by atoms with Crippen LogP contribution in [0, 0.1) is 23.7 Å². The smallest absolute Gasteiger partial charge is 0.311 e. The van der Waals surface area contributed by atoms with Crippen LogP contribution in [-0.4, -0.2) is 156 Å². The predicted molar refractivity (Wildman–Crippen MR) is 215 cm³/mol. The van der Waals surface area contributed by atoms with Gasteiger partial charge in [0.2, 0.25) is 0 Å². The van der Waals surface area contributed by atoms with Crippen molar-refractivity contribution in [3.63, 3.8) is 0 Å². The number of cyclic esters (lactones) is 1. The molecule has 3 rings (SSSR count). The molecule has 330 valence electrons. The summed E-state index contributed by atoms with van der Waals surface area (Å²) in [6, 6.07) is -0.400. The third-order valence-electron chi connectivity index (χ3n) is 13.4. The fourth-order valence-corrected chi connectivity index (χ4v) is 9.53. The van der Waals surface area contributed by atoms with Crippen LogP contribution in [0.4, 0.5) is 0 Å². The number of nitrogens with one attached hydrogen (secondary N) is 2. The molecule has 0 amide bonds. The molecule has 9 unspecified atom stereocenters. The lowest BCUT2D eigenvalue weighted by Crippen LogP contribution is -2.70. The molecule has 0 spiro atoms. The molecule has 0 aromatic rings. The standard InChI is InChI=1S/C42H81N3O11/c1-16-18-43-23-42(50)30(9)53-33(21-40(42,11)51-15)55-34-27(6)36(56-38-26(5)31(45(13)14)19-25(4)52-38)39(10,48)20-24(3)22-44-29(8)35(46)41(12,49)32(17-2)54-37(47)28(34)7/h24-36,38,43-44,46,48-50H,16-23H2,1-15H3/t24-,25?,26-,27?,28?,29-,30?,31?,32?,33?,34?,35-,36-,38?,39+,40-,41-,42+/m1/s1.